The van der Waals surface area contributed by atoms with Crippen LogP contribution >= 0.6 is 0 Å². The van der Waals surface area contributed by atoms with E-state index in [0.717, 1.165) is 50.0 Å². The third-order valence-electron chi connectivity index (χ3n) is 9.98. The molecule has 0 aromatic rings. The van der Waals surface area contributed by atoms with Gasteiger partial charge in [0.25, 0.3) is 0 Å². The Bertz CT molecular complexity index is 686. The first kappa shape index (κ1) is 18.2. The van der Waals surface area contributed by atoms with E-state index in [4.69, 9.17) is 4.74 Å². The predicted octanol–water partition coefficient (Wildman–Crippen LogP) is 3.60. The number of hydrogen-bond donors (Lipinski definition) is 2. The Morgan fingerprint density at radius 3 is 2.56 bits per heavy atom. The lowest BCUT2D eigenvalue weighted by Gasteiger charge is -2.61. The zero-order valence-electron chi connectivity index (χ0n) is 16.7. The molecule has 0 unspecified atom stereocenters. The minimum absolute atomic E-state index is 0.100. The SMILES string of the molecule is C[C@]12CC[C@H](O)C[C@H]1CC[C@@H]1[C@@H]2CC[C@@]2(C)[C@H]1CC[C@]2(O)C1=CC(=O)OC1. The summed E-state index contributed by atoms with van der Waals surface area (Å²) in [4.78, 5) is 11.6. The molecule has 4 saturated carbocycles. The summed E-state index contributed by atoms with van der Waals surface area (Å²) in [6.45, 7) is 5.04. The van der Waals surface area contributed by atoms with Crippen LogP contribution in [0, 0.1) is 34.5 Å². The number of aliphatic hydroxyl groups is 2. The standard InChI is InChI=1S/C23H34O4/c1-21-8-5-16(24)11-14(21)3-4-17-18(21)6-9-22(2)19(17)7-10-23(22,26)15-12-20(25)27-13-15/h12,14,16-19,24,26H,3-11,13H2,1-2H3/t14-,16+,17-,18+,19+,21+,22+,23+/m1/s1. The quantitative estimate of drug-likeness (QED) is 0.688. The van der Waals surface area contributed by atoms with Gasteiger partial charge in [0, 0.05) is 17.1 Å². The lowest BCUT2D eigenvalue weighted by molar-refractivity contribution is -0.150. The highest BCUT2D eigenvalue weighted by Gasteiger charge is 2.65. The van der Waals surface area contributed by atoms with E-state index in [0.29, 0.717) is 23.2 Å². The van der Waals surface area contributed by atoms with Crippen molar-refractivity contribution in [2.45, 2.75) is 83.3 Å². The zero-order chi connectivity index (χ0) is 19.0. The number of carbonyl (C=O) groups is 1. The highest BCUT2D eigenvalue weighted by Crippen LogP contribution is 2.69. The molecule has 1 aliphatic heterocycles. The Labute approximate surface area is 162 Å². The van der Waals surface area contributed by atoms with Crippen LogP contribution in [-0.2, 0) is 9.53 Å². The molecule has 0 spiro atoms. The van der Waals surface area contributed by atoms with Crippen molar-refractivity contribution in [3.63, 3.8) is 0 Å². The van der Waals surface area contributed by atoms with Crippen LogP contribution in [0.4, 0.5) is 0 Å². The summed E-state index contributed by atoms with van der Waals surface area (Å²) in [6.07, 6.45) is 11.0. The fourth-order valence-electron chi connectivity index (χ4n) is 8.39. The van der Waals surface area contributed by atoms with Gasteiger partial charge in [0.1, 0.15) is 6.61 Å². The van der Waals surface area contributed by atoms with Gasteiger partial charge in [-0.15, -0.1) is 0 Å². The molecule has 4 fully saturated rings. The molecule has 0 amide bonds. The van der Waals surface area contributed by atoms with E-state index in [1.807, 2.05) is 0 Å². The highest BCUT2D eigenvalue weighted by molar-refractivity contribution is 5.85. The predicted molar refractivity (Wildman–Crippen MR) is 102 cm³/mol. The first-order chi connectivity index (χ1) is 12.8. The van der Waals surface area contributed by atoms with Crippen molar-refractivity contribution in [2.24, 2.45) is 34.5 Å². The lowest BCUT2D eigenvalue weighted by Crippen LogP contribution is -2.57. The van der Waals surface area contributed by atoms with E-state index in [1.54, 1.807) is 6.08 Å². The average molecular weight is 375 g/mol. The Balaban J connectivity index is 1.45. The Morgan fingerprint density at radius 2 is 1.81 bits per heavy atom. The second-order valence-electron chi connectivity index (χ2n) is 10.7. The number of cyclic esters (lactones) is 1. The number of aliphatic hydroxyl groups excluding tert-OH is 1. The first-order valence-corrected chi connectivity index (χ1v) is 11.1. The molecule has 8 atom stereocenters. The second kappa shape index (κ2) is 5.82. The summed E-state index contributed by atoms with van der Waals surface area (Å²) in [6, 6.07) is 0. The molecule has 5 rings (SSSR count). The minimum atomic E-state index is -0.880. The molecular weight excluding hydrogens is 340 g/mol. The van der Waals surface area contributed by atoms with Gasteiger partial charge >= 0.3 is 5.97 Å². The van der Waals surface area contributed by atoms with Gasteiger partial charge in [-0.25, -0.2) is 4.79 Å². The summed E-state index contributed by atoms with van der Waals surface area (Å²) in [5.74, 6) is 2.29. The van der Waals surface area contributed by atoms with Crippen molar-refractivity contribution in [2.75, 3.05) is 6.61 Å². The van der Waals surface area contributed by atoms with Crippen molar-refractivity contribution in [3.8, 4) is 0 Å². The molecule has 2 N–H and O–H groups in total. The lowest BCUT2D eigenvalue weighted by atomic mass is 9.44. The van der Waals surface area contributed by atoms with Crippen LogP contribution in [0.5, 0.6) is 0 Å². The van der Waals surface area contributed by atoms with Gasteiger partial charge in [-0.1, -0.05) is 13.8 Å². The van der Waals surface area contributed by atoms with Crippen LogP contribution in [-0.4, -0.2) is 34.5 Å². The number of fused-ring (bicyclic) bond motifs is 5. The number of ether oxygens (including phenoxy) is 1. The monoisotopic (exact) mass is 374 g/mol. The molecule has 27 heavy (non-hydrogen) atoms. The van der Waals surface area contributed by atoms with Gasteiger partial charge in [-0.05, 0) is 86.9 Å². The van der Waals surface area contributed by atoms with Crippen LogP contribution in [0.25, 0.3) is 0 Å². The van der Waals surface area contributed by atoms with Crippen molar-refractivity contribution >= 4 is 5.97 Å². The largest absolute Gasteiger partial charge is 0.458 e. The van der Waals surface area contributed by atoms with E-state index in [-0.39, 0.29) is 24.1 Å². The van der Waals surface area contributed by atoms with Crippen LogP contribution in [0.2, 0.25) is 0 Å². The van der Waals surface area contributed by atoms with Crippen molar-refractivity contribution in [1.29, 1.82) is 0 Å². The van der Waals surface area contributed by atoms with E-state index in [9.17, 15) is 15.0 Å². The maximum absolute atomic E-state index is 11.8. The molecular formula is C23H34O4. The smallest absolute Gasteiger partial charge is 0.331 e. The molecule has 5 aliphatic rings. The molecule has 0 saturated heterocycles. The fraction of sp³-hybridized carbons (Fsp3) is 0.870. The maximum Gasteiger partial charge on any atom is 0.331 e. The number of esters is 1. The molecule has 4 aliphatic carbocycles. The van der Waals surface area contributed by atoms with Crippen molar-refractivity contribution in [1.82, 2.24) is 0 Å². The van der Waals surface area contributed by atoms with Gasteiger partial charge in [0.2, 0.25) is 0 Å². The molecule has 0 radical (unpaired) electrons. The molecule has 1 heterocycles. The second-order valence-corrected chi connectivity index (χ2v) is 10.7. The molecule has 0 aromatic carbocycles. The highest BCUT2D eigenvalue weighted by atomic mass is 16.5. The van der Waals surface area contributed by atoms with Crippen molar-refractivity contribution < 1.29 is 19.7 Å². The summed E-state index contributed by atoms with van der Waals surface area (Å²) in [7, 11) is 0. The fourth-order valence-corrected chi connectivity index (χ4v) is 8.39. The summed E-state index contributed by atoms with van der Waals surface area (Å²) >= 11 is 0. The van der Waals surface area contributed by atoms with E-state index in [1.165, 1.54) is 19.3 Å². The number of carbonyl (C=O) groups excluding carboxylic acids is 1. The minimum Gasteiger partial charge on any atom is -0.458 e. The summed E-state index contributed by atoms with van der Waals surface area (Å²) in [5, 5.41) is 21.9. The van der Waals surface area contributed by atoms with E-state index < -0.39 is 5.60 Å². The van der Waals surface area contributed by atoms with Gasteiger partial charge in [-0.2, -0.15) is 0 Å². The molecule has 4 nitrogen and oxygen atoms in total. The van der Waals surface area contributed by atoms with Crippen molar-refractivity contribution in [3.05, 3.63) is 11.6 Å². The third kappa shape index (κ3) is 2.32. The van der Waals surface area contributed by atoms with Crippen LogP contribution in [0.15, 0.2) is 11.6 Å². The molecule has 4 heteroatoms. The molecule has 150 valence electrons. The van der Waals surface area contributed by atoms with E-state index in [2.05, 4.69) is 13.8 Å². The maximum atomic E-state index is 11.8. The zero-order valence-corrected chi connectivity index (χ0v) is 16.7. The Hall–Kier alpha value is -0.870. The average Bonchev–Trinajstić information content (AvgIpc) is 3.18. The van der Waals surface area contributed by atoms with Gasteiger partial charge < -0.3 is 14.9 Å². The van der Waals surface area contributed by atoms with E-state index >= 15 is 0 Å². The number of rotatable bonds is 1. The van der Waals surface area contributed by atoms with Crippen LogP contribution < -0.4 is 0 Å². The summed E-state index contributed by atoms with van der Waals surface area (Å²) in [5.41, 5.74) is 0.146. The normalized spacial score (nSPS) is 54.6. The Morgan fingerprint density at radius 1 is 1.04 bits per heavy atom. The van der Waals surface area contributed by atoms with Gasteiger partial charge in [0.05, 0.1) is 11.7 Å². The molecule has 0 aromatic heterocycles. The summed E-state index contributed by atoms with van der Waals surface area (Å²) < 4.78 is 5.16. The molecule has 0 bridgehead atoms. The van der Waals surface area contributed by atoms with Crippen LogP contribution in [0.3, 0.4) is 0 Å². The van der Waals surface area contributed by atoms with Gasteiger partial charge in [0.15, 0.2) is 0 Å². The number of hydrogen-bond acceptors (Lipinski definition) is 4. The van der Waals surface area contributed by atoms with Gasteiger partial charge in [-0.3, -0.25) is 0 Å². The topological polar surface area (TPSA) is 66.8 Å². The van der Waals surface area contributed by atoms with Crippen LogP contribution in [0.1, 0.15) is 71.6 Å². The third-order valence-corrected chi connectivity index (χ3v) is 9.98. The first-order valence-electron chi connectivity index (χ1n) is 11.1. The Kier molecular flexibility index (Phi) is 3.92.